The summed E-state index contributed by atoms with van der Waals surface area (Å²) in [5, 5.41) is 2.95. The number of hydrogen-bond donors (Lipinski definition) is 1. The van der Waals surface area contributed by atoms with Crippen molar-refractivity contribution in [3.8, 4) is 0 Å². The molecule has 0 radical (unpaired) electrons. The Morgan fingerprint density at radius 3 is 2.44 bits per heavy atom. The molecule has 1 N–H and O–H groups in total. The Balaban J connectivity index is 2.46. The minimum absolute atomic E-state index is 0.112. The molecule has 0 aliphatic heterocycles. The van der Waals surface area contributed by atoms with Crippen molar-refractivity contribution in [1.29, 1.82) is 0 Å². The summed E-state index contributed by atoms with van der Waals surface area (Å²) in [5.74, 6) is -1.14. The molecule has 0 aromatic carbocycles. The molecule has 7 nitrogen and oxygen atoms in total. The highest BCUT2D eigenvalue weighted by atomic mass is 32.1. The van der Waals surface area contributed by atoms with Gasteiger partial charge in [0.2, 0.25) is 0 Å². The second-order valence-electron chi connectivity index (χ2n) is 6.12. The topological polar surface area (TPSA) is 88.9 Å². The fourth-order valence-electron chi connectivity index (χ4n) is 2.55. The monoisotopic (exact) mass is 392 g/mol. The van der Waals surface area contributed by atoms with Crippen LogP contribution in [0.2, 0.25) is 0 Å². The van der Waals surface area contributed by atoms with Gasteiger partial charge in [-0.2, -0.15) is 0 Å². The van der Waals surface area contributed by atoms with Crippen LogP contribution in [0.25, 0.3) is 0 Å². The lowest BCUT2D eigenvalue weighted by Crippen LogP contribution is -2.30. The lowest BCUT2D eigenvalue weighted by molar-refractivity contribution is 0.0379. The van der Waals surface area contributed by atoms with Crippen LogP contribution in [0.4, 0.5) is 5.00 Å². The first-order valence-corrected chi connectivity index (χ1v) is 9.60. The van der Waals surface area contributed by atoms with Crippen molar-refractivity contribution in [2.45, 2.75) is 40.7 Å². The fraction of sp³-hybridized carbons (Fsp3) is 0.421. The van der Waals surface area contributed by atoms with Crippen LogP contribution in [0.3, 0.4) is 0 Å². The molecule has 0 saturated carbocycles. The average Bonchev–Trinajstić information content (AvgIpc) is 3.23. The normalized spacial score (nSPS) is 10.7. The molecule has 2 aromatic rings. The summed E-state index contributed by atoms with van der Waals surface area (Å²) in [4.78, 5) is 39.8. The van der Waals surface area contributed by atoms with E-state index < -0.39 is 11.9 Å². The van der Waals surface area contributed by atoms with Crippen molar-refractivity contribution >= 4 is 34.1 Å². The van der Waals surface area contributed by atoms with Gasteiger partial charge in [0.25, 0.3) is 11.8 Å². The average molecular weight is 392 g/mol. The lowest BCUT2D eigenvalue weighted by Gasteiger charge is -2.18. The third-order valence-corrected chi connectivity index (χ3v) is 5.11. The number of ether oxygens (including phenoxy) is 1. The maximum Gasteiger partial charge on any atom is 0.341 e. The third-order valence-electron chi connectivity index (χ3n) is 3.91. The van der Waals surface area contributed by atoms with Crippen LogP contribution in [0.15, 0.2) is 22.8 Å². The zero-order valence-electron chi connectivity index (χ0n) is 16.1. The van der Waals surface area contributed by atoms with E-state index in [1.54, 1.807) is 31.7 Å². The van der Waals surface area contributed by atoms with Gasteiger partial charge in [0, 0.05) is 13.1 Å². The highest BCUT2D eigenvalue weighted by molar-refractivity contribution is 7.18. The smallest absolute Gasteiger partial charge is 0.341 e. The first-order valence-electron chi connectivity index (χ1n) is 8.78. The first-order chi connectivity index (χ1) is 12.8. The molecule has 0 saturated heterocycles. The largest absolute Gasteiger partial charge is 0.459 e. The number of furan rings is 1. The van der Waals surface area contributed by atoms with Crippen LogP contribution in [-0.2, 0) is 4.74 Å². The van der Waals surface area contributed by atoms with E-state index in [-0.39, 0.29) is 28.3 Å². The van der Waals surface area contributed by atoms with Gasteiger partial charge in [0.15, 0.2) is 5.76 Å². The minimum Gasteiger partial charge on any atom is -0.459 e. The number of amides is 2. The van der Waals surface area contributed by atoms with Gasteiger partial charge in [-0.25, -0.2) is 4.79 Å². The number of carbonyl (C=O) groups excluding carboxylic acids is 3. The summed E-state index contributed by atoms with van der Waals surface area (Å²) in [6.07, 6.45) is 1.06. The molecule has 0 aliphatic carbocycles. The molecule has 2 heterocycles. The predicted octanol–water partition coefficient (Wildman–Crippen LogP) is 3.95. The third kappa shape index (κ3) is 4.57. The van der Waals surface area contributed by atoms with Crippen LogP contribution in [0.1, 0.15) is 63.8 Å². The second-order valence-corrected chi connectivity index (χ2v) is 7.14. The Morgan fingerprint density at radius 1 is 1.26 bits per heavy atom. The molecule has 8 heteroatoms. The van der Waals surface area contributed by atoms with E-state index in [4.69, 9.17) is 9.15 Å². The van der Waals surface area contributed by atoms with Crippen LogP contribution in [0.5, 0.6) is 0 Å². The standard InChI is InChI=1S/C19H24N2O5S/c1-6-21(7-2)18(23)15-12(5)14(19(24)26-11(3)4)17(27-15)20-16(22)13-9-8-10-25-13/h8-11H,6-7H2,1-5H3,(H,20,22). The van der Waals surface area contributed by atoms with E-state index in [1.807, 2.05) is 13.8 Å². The number of nitrogens with one attached hydrogen (secondary N) is 1. The molecule has 27 heavy (non-hydrogen) atoms. The van der Waals surface area contributed by atoms with Crippen molar-refractivity contribution in [2.24, 2.45) is 0 Å². The quantitative estimate of drug-likeness (QED) is 0.721. The summed E-state index contributed by atoms with van der Waals surface area (Å²) < 4.78 is 10.4. The van der Waals surface area contributed by atoms with Crippen LogP contribution >= 0.6 is 11.3 Å². The Morgan fingerprint density at radius 2 is 1.93 bits per heavy atom. The van der Waals surface area contributed by atoms with E-state index in [0.29, 0.717) is 23.5 Å². The summed E-state index contributed by atoms with van der Waals surface area (Å²) in [6, 6.07) is 3.11. The van der Waals surface area contributed by atoms with Gasteiger partial charge < -0.3 is 19.4 Å². The molecule has 2 amide bonds. The molecule has 2 aromatic heterocycles. The maximum absolute atomic E-state index is 12.8. The number of nitrogens with zero attached hydrogens (tertiary/aromatic N) is 1. The zero-order chi connectivity index (χ0) is 20.1. The van der Waals surface area contributed by atoms with Crippen molar-refractivity contribution in [3.05, 3.63) is 40.2 Å². The van der Waals surface area contributed by atoms with Crippen LogP contribution < -0.4 is 5.32 Å². The molecule has 146 valence electrons. The molecule has 2 rings (SSSR count). The highest BCUT2D eigenvalue weighted by Crippen LogP contribution is 2.35. The van der Waals surface area contributed by atoms with Gasteiger partial charge >= 0.3 is 5.97 Å². The summed E-state index contributed by atoms with van der Waals surface area (Å²) >= 11 is 1.07. The van der Waals surface area contributed by atoms with E-state index in [2.05, 4.69) is 5.32 Å². The summed E-state index contributed by atoms with van der Waals surface area (Å²) in [7, 11) is 0. The van der Waals surface area contributed by atoms with E-state index in [0.717, 1.165) is 11.3 Å². The van der Waals surface area contributed by atoms with Gasteiger partial charge in [0.05, 0.1) is 22.8 Å². The maximum atomic E-state index is 12.8. The fourth-order valence-corrected chi connectivity index (χ4v) is 3.71. The number of anilines is 1. The Labute approximate surface area is 162 Å². The Hall–Kier alpha value is -2.61. The van der Waals surface area contributed by atoms with E-state index >= 15 is 0 Å². The molecule has 0 aliphatic rings. The number of thiophene rings is 1. The molecule has 0 fully saturated rings. The molecule has 0 spiro atoms. The Kier molecular flexibility index (Phi) is 6.79. The summed E-state index contributed by atoms with van der Waals surface area (Å²) in [6.45, 7) is 10.0. The Bertz CT molecular complexity index is 820. The van der Waals surface area contributed by atoms with Crippen molar-refractivity contribution in [2.75, 3.05) is 18.4 Å². The number of esters is 1. The van der Waals surface area contributed by atoms with Crippen LogP contribution in [0, 0.1) is 6.92 Å². The first kappa shape index (κ1) is 20.7. The molecule has 0 unspecified atom stereocenters. The van der Waals surface area contributed by atoms with Gasteiger partial charge in [-0.3, -0.25) is 9.59 Å². The van der Waals surface area contributed by atoms with Crippen molar-refractivity contribution in [1.82, 2.24) is 4.90 Å². The number of carbonyl (C=O) groups is 3. The van der Waals surface area contributed by atoms with Crippen molar-refractivity contribution in [3.63, 3.8) is 0 Å². The predicted molar refractivity (Wildman–Crippen MR) is 104 cm³/mol. The second kappa shape index (κ2) is 8.85. The number of rotatable bonds is 7. The van der Waals surface area contributed by atoms with E-state index in [1.165, 1.54) is 12.3 Å². The molecular weight excluding hydrogens is 368 g/mol. The van der Waals surface area contributed by atoms with Crippen molar-refractivity contribution < 1.29 is 23.5 Å². The van der Waals surface area contributed by atoms with E-state index in [9.17, 15) is 14.4 Å². The van der Waals surface area contributed by atoms with Gasteiger partial charge in [-0.1, -0.05) is 0 Å². The molecule has 0 bridgehead atoms. The SMILES string of the molecule is CCN(CC)C(=O)c1sc(NC(=O)c2ccco2)c(C(=O)OC(C)C)c1C. The van der Waals surface area contributed by atoms with Gasteiger partial charge in [-0.05, 0) is 52.3 Å². The number of hydrogen-bond acceptors (Lipinski definition) is 6. The van der Waals surface area contributed by atoms with Crippen LogP contribution in [-0.4, -0.2) is 41.9 Å². The molecule has 0 atom stereocenters. The zero-order valence-corrected chi connectivity index (χ0v) is 16.9. The molecular formula is C19H24N2O5S. The highest BCUT2D eigenvalue weighted by Gasteiger charge is 2.29. The summed E-state index contributed by atoms with van der Waals surface area (Å²) in [5.41, 5.74) is 0.696. The minimum atomic E-state index is -0.577. The van der Waals surface area contributed by atoms with Gasteiger partial charge in [-0.15, -0.1) is 11.3 Å². The van der Waals surface area contributed by atoms with Gasteiger partial charge in [0.1, 0.15) is 5.00 Å². The lowest BCUT2D eigenvalue weighted by atomic mass is 10.1.